The zero-order chi connectivity index (χ0) is 19.8. The van der Waals surface area contributed by atoms with Crippen LogP contribution in [-0.2, 0) is 4.79 Å². The van der Waals surface area contributed by atoms with Crippen LogP contribution >= 0.6 is 23.2 Å². The molecule has 1 aromatic carbocycles. The molecule has 7 heteroatoms. The maximum atomic E-state index is 11.4. The van der Waals surface area contributed by atoms with Gasteiger partial charge in [-0.3, -0.25) is 9.80 Å². The molecule has 0 radical (unpaired) electrons. The maximum Gasteiger partial charge on any atom is 0.244 e. The van der Waals surface area contributed by atoms with E-state index in [9.17, 15) is 4.79 Å². The second kappa shape index (κ2) is 7.66. The van der Waals surface area contributed by atoms with E-state index in [0.717, 1.165) is 29.9 Å². The van der Waals surface area contributed by atoms with Gasteiger partial charge in [-0.25, -0.2) is 5.43 Å². The second-order valence-electron chi connectivity index (χ2n) is 7.02. The number of allylic oxidation sites excluding steroid dienone is 3. The third-order valence-corrected chi connectivity index (χ3v) is 5.90. The molecule has 1 aromatic rings. The molecule has 146 valence electrons. The molecule has 0 spiro atoms. The van der Waals surface area contributed by atoms with Gasteiger partial charge < -0.3 is 10.6 Å². The van der Waals surface area contributed by atoms with E-state index in [4.69, 9.17) is 28.9 Å². The van der Waals surface area contributed by atoms with E-state index in [2.05, 4.69) is 28.3 Å². The average molecular weight is 417 g/mol. The number of hydrogen-bond donors (Lipinski definition) is 2. The van der Waals surface area contributed by atoms with E-state index < -0.39 is 0 Å². The molecule has 1 amide bonds. The van der Waals surface area contributed by atoms with Gasteiger partial charge in [-0.05, 0) is 43.2 Å². The highest BCUT2D eigenvalue weighted by molar-refractivity contribution is 6.35. The molecule has 0 aliphatic carbocycles. The number of carbonyl (C=O) groups is 1. The van der Waals surface area contributed by atoms with Crippen molar-refractivity contribution in [2.45, 2.75) is 25.8 Å². The van der Waals surface area contributed by atoms with E-state index in [1.807, 2.05) is 30.4 Å². The lowest BCUT2D eigenvalue weighted by Crippen LogP contribution is -2.39. The van der Waals surface area contributed by atoms with Crippen LogP contribution in [0.3, 0.4) is 0 Å². The Kier molecular flexibility index (Phi) is 5.23. The summed E-state index contributed by atoms with van der Waals surface area (Å²) in [7, 11) is 0. The Labute approximate surface area is 174 Å². The molecular weight excluding hydrogens is 395 g/mol. The van der Waals surface area contributed by atoms with Crippen LogP contribution in [0.25, 0.3) is 5.70 Å². The van der Waals surface area contributed by atoms with E-state index >= 15 is 0 Å². The third-order valence-electron chi connectivity index (χ3n) is 5.35. The van der Waals surface area contributed by atoms with Gasteiger partial charge in [0.1, 0.15) is 0 Å². The van der Waals surface area contributed by atoms with Crippen molar-refractivity contribution in [2.75, 3.05) is 13.1 Å². The van der Waals surface area contributed by atoms with Gasteiger partial charge in [0.2, 0.25) is 5.91 Å². The summed E-state index contributed by atoms with van der Waals surface area (Å²) in [4.78, 5) is 13.8. The smallest absolute Gasteiger partial charge is 0.244 e. The van der Waals surface area contributed by atoms with Crippen molar-refractivity contribution in [3.63, 3.8) is 0 Å². The number of amides is 1. The molecular formula is C21H22Cl2N4O. The molecule has 1 atom stereocenters. The number of nitrogens with zero attached hydrogens (tertiary/aromatic N) is 2. The van der Waals surface area contributed by atoms with Gasteiger partial charge in [-0.1, -0.05) is 42.3 Å². The number of carbonyl (C=O) groups excluding carboxylic acids is 1. The second-order valence-corrected chi connectivity index (χ2v) is 7.86. The molecule has 28 heavy (non-hydrogen) atoms. The van der Waals surface area contributed by atoms with Crippen molar-refractivity contribution in [1.82, 2.24) is 15.3 Å². The van der Waals surface area contributed by atoms with E-state index in [0.29, 0.717) is 28.6 Å². The highest BCUT2D eigenvalue weighted by Crippen LogP contribution is 2.38. The van der Waals surface area contributed by atoms with Crippen molar-refractivity contribution in [1.29, 1.82) is 0 Å². The topological polar surface area (TPSA) is 61.6 Å². The van der Waals surface area contributed by atoms with Crippen LogP contribution in [0, 0.1) is 0 Å². The lowest BCUT2D eigenvalue weighted by molar-refractivity contribution is -0.114. The first-order valence-corrected chi connectivity index (χ1v) is 10.1. The summed E-state index contributed by atoms with van der Waals surface area (Å²) >= 11 is 12.5. The summed E-state index contributed by atoms with van der Waals surface area (Å²) in [5, 5.41) is 3.33. The Morgan fingerprint density at radius 2 is 2.18 bits per heavy atom. The average Bonchev–Trinajstić information content (AvgIpc) is 3.07. The monoisotopic (exact) mass is 416 g/mol. The van der Waals surface area contributed by atoms with Crippen LogP contribution in [0.1, 0.15) is 25.3 Å². The van der Waals surface area contributed by atoms with Crippen LogP contribution in [0.2, 0.25) is 10.0 Å². The van der Waals surface area contributed by atoms with Crippen molar-refractivity contribution >= 4 is 34.8 Å². The van der Waals surface area contributed by atoms with Crippen molar-refractivity contribution in [2.24, 2.45) is 5.73 Å². The Morgan fingerprint density at radius 1 is 1.36 bits per heavy atom. The number of halogens is 2. The number of nitrogens with two attached hydrogens (primary N) is 1. The Bertz CT molecular complexity index is 948. The van der Waals surface area contributed by atoms with Gasteiger partial charge in [0.15, 0.2) is 0 Å². The number of hydrogen-bond acceptors (Lipinski definition) is 4. The van der Waals surface area contributed by atoms with Crippen LogP contribution in [0.5, 0.6) is 0 Å². The molecule has 0 bridgehead atoms. The molecule has 3 aliphatic heterocycles. The number of nitrogens with one attached hydrogen (secondary N) is 1. The normalized spacial score (nSPS) is 21.6. The fourth-order valence-electron chi connectivity index (χ4n) is 3.93. The first-order valence-electron chi connectivity index (χ1n) is 9.37. The Morgan fingerprint density at radius 3 is 2.82 bits per heavy atom. The summed E-state index contributed by atoms with van der Waals surface area (Å²) in [5.41, 5.74) is 14.0. The first-order chi connectivity index (χ1) is 13.5. The number of benzene rings is 1. The van der Waals surface area contributed by atoms with Gasteiger partial charge in [0.05, 0.1) is 28.2 Å². The lowest BCUT2D eigenvalue weighted by Gasteiger charge is -2.31. The van der Waals surface area contributed by atoms with Gasteiger partial charge >= 0.3 is 0 Å². The standard InChI is InChI=1S/C21H22Cl2N4O/c1-2-17-20(26-10-8-13(9-11-26)21(24)28)19-5-3-4-18(27(19)25-17)15-7-6-14(22)12-16(15)23/h3-8,12,17,25H,2,9-11H2,1H3,(H2,24,28). The SMILES string of the molecule is CCC1NN2C(c3ccc(Cl)cc3Cl)=CC=CC2=C1N1CC=C(C(N)=O)CC1. The van der Waals surface area contributed by atoms with E-state index in [-0.39, 0.29) is 11.9 Å². The molecule has 0 aromatic heterocycles. The zero-order valence-corrected chi connectivity index (χ0v) is 17.1. The summed E-state index contributed by atoms with van der Waals surface area (Å²) in [5.74, 6) is -0.323. The summed E-state index contributed by atoms with van der Waals surface area (Å²) in [6, 6.07) is 5.73. The summed E-state index contributed by atoms with van der Waals surface area (Å²) < 4.78 is 0. The minimum Gasteiger partial charge on any atom is -0.368 e. The molecule has 0 saturated carbocycles. The van der Waals surface area contributed by atoms with E-state index in [1.165, 1.54) is 5.70 Å². The maximum absolute atomic E-state index is 11.4. The van der Waals surface area contributed by atoms with Gasteiger partial charge in [0, 0.05) is 29.2 Å². The number of rotatable bonds is 4. The molecule has 4 rings (SSSR count). The fourth-order valence-corrected chi connectivity index (χ4v) is 4.44. The number of fused-ring (bicyclic) bond motifs is 1. The number of primary amides is 1. The molecule has 3 N–H and O–H groups in total. The largest absolute Gasteiger partial charge is 0.368 e. The molecule has 0 saturated heterocycles. The van der Waals surface area contributed by atoms with E-state index in [1.54, 1.807) is 6.07 Å². The van der Waals surface area contributed by atoms with Crippen LogP contribution in [0.15, 0.2) is 59.5 Å². The van der Waals surface area contributed by atoms with Crippen LogP contribution in [-0.4, -0.2) is 34.9 Å². The minimum atomic E-state index is -0.323. The van der Waals surface area contributed by atoms with Crippen molar-refractivity contribution in [3.05, 3.63) is 75.1 Å². The quantitative estimate of drug-likeness (QED) is 0.782. The predicted molar refractivity (Wildman–Crippen MR) is 113 cm³/mol. The molecule has 1 unspecified atom stereocenters. The number of hydrazine groups is 1. The fraction of sp³-hybridized carbons (Fsp3) is 0.286. The van der Waals surface area contributed by atoms with Crippen molar-refractivity contribution < 1.29 is 4.79 Å². The lowest BCUT2D eigenvalue weighted by atomic mass is 10.0. The third kappa shape index (κ3) is 3.34. The highest BCUT2D eigenvalue weighted by Gasteiger charge is 2.36. The first kappa shape index (κ1) is 19.1. The summed E-state index contributed by atoms with van der Waals surface area (Å²) in [6.07, 6.45) is 9.74. The minimum absolute atomic E-state index is 0.177. The molecule has 5 nitrogen and oxygen atoms in total. The van der Waals surface area contributed by atoms with Gasteiger partial charge in [-0.15, -0.1) is 0 Å². The Balaban J connectivity index is 1.70. The molecule has 3 aliphatic rings. The van der Waals surface area contributed by atoms with Crippen LogP contribution in [0.4, 0.5) is 0 Å². The Hall–Kier alpha value is -2.21. The van der Waals surface area contributed by atoms with Crippen LogP contribution < -0.4 is 11.2 Å². The van der Waals surface area contributed by atoms with Gasteiger partial charge in [-0.2, -0.15) is 0 Å². The van der Waals surface area contributed by atoms with Crippen molar-refractivity contribution in [3.8, 4) is 0 Å². The predicted octanol–water partition coefficient (Wildman–Crippen LogP) is 3.83. The molecule has 0 fully saturated rings. The summed E-state index contributed by atoms with van der Waals surface area (Å²) in [6.45, 7) is 3.61. The molecule has 3 heterocycles. The zero-order valence-electron chi connectivity index (χ0n) is 15.6. The van der Waals surface area contributed by atoms with Gasteiger partial charge in [0.25, 0.3) is 0 Å². The highest BCUT2D eigenvalue weighted by atomic mass is 35.5.